The maximum atomic E-state index is 11.2. The highest BCUT2D eigenvalue weighted by Crippen LogP contribution is 2.39. The third-order valence-corrected chi connectivity index (χ3v) is 6.77. The van der Waals surface area contributed by atoms with Gasteiger partial charge in [-0.05, 0) is 48.8 Å². The molecule has 0 bridgehead atoms. The summed E-state index contributed by atoms with van der Waals surface area (Å²) in [6.07, 6.45) is 2.89. The van der Waals surface area contributed by atoms with Crippen molar-refractivity contribution in [1.29, 1.82) is 0 Å². The summed E-state index contributed by atoms with van der Waals surface area (Å²) < 4.78 is 18.5. The first kappa shape index (κ1) is 21.0. The van der Waals surface area contributed by atoms with Crippen LogP contribution in [0.2, 0.25) is 0 Å². The summed E-state index contributed by atoms with van der Waals surface area (Å²) in [4.78, 5) is 12.5. The molecule has 1 saturated heterocycles. The van der Waals surface area contributed by atoms with Crippen molar-refractivity contribution < 1.29 is 19.0 Å². The predicted molar refractivity (Wildman–Crippen MR) is 121 cm³/mol. The Bertz CT molecular complexity index is 981. The lowest BCUT2D eigenvalue weighted by Crippen LogP contribution is -2.40. The summed E-state index contributed by atoms with van der Waals surface area (Å²) in [6.45, 7) is 4.02. The number of aryl methyl sites for hydroxylation is 1. The van der Waals surface area contributed by atoms with E-state index >= 15 is 0 Å². The molecule has 158 valence electrons. The van der Waals surface area contributed by atoms with Crippen molar-refractivity contribution in [2.24, 2.45) is 0 Å². The van der Waals surface area contributed by atoms with Crippen LogP contribution in [0, 0.1) is 0 Å². The van der Waals surface area contributed by atoms with Gasteiger partial charge in [0.1, 0.15) is 6.10 Å². The SMILES string of the molecule is CC(=O)O[C@@H]1CC[C@H](OCCCc2c(-c3ccccc3)sc3ccccc23)O[C@H]1C. The molecule has 0 unspecified atom stereocenters. The van der Waals surface area contributed by atoms with Crippen molar-refractivity contribution in [2.45, 2.75) is 58.0 Å². The molecule has 30 heavy (non-hydrogen) atoms. The van der Waals surface area contributed by atoms with Gasteiger partial charge in [0.05, 0.1) is 12.7 Å². The lowest BCUT2D eigenvalue weighted by atomic mass is 10.0. The molecule has 2 aromatic carbocycles. The summed E-state index contributed by atoms with van der Waals surface area (Å²) in [5.41, 5.74) is 2.67. The van der Waals surface area contributed by atoms with E-state index in [1.54, 1.807) is 0 Å². The van der Waals surface area contributed by atoms with Gasteiger partial charge in [-0.2, -0.15) is 0 Å². The molecule has 3 atom stereocenters. The molecule has 1 aromatic heterocycles. The van der Waals surface area contributed by atoms with Gasteiger partial charge in [0.15, 0.2) is 6.29 Å². The predicted octanol–water partition coefficient (Wildman–Crippen LogP) is 5.97. The van der Waals surface area contributed by atoms with Gasteiger partial charge in [-0.15, -0.1) is 11.3 Å². The van der Waals surface area contributed by atoms with Crippen LogP contribution in [0.4, 0.5) is 0 Å². The fourth-order valence-corrected chi connectivity index (χ4v) is 5.31. The summed E-state index contributed by atoms with van der Waals surface area (Å²) in [5, 5.41) is 1.34. The number of rotatable bonds is 7. The minimum Gasteiger partial charge on any atom is -0.460 e. The molecule has 0 radical (unpaired) electrons. The average Bonchev–Trinajstić information content (AvgIpc) is 3.12. The normalized spacial score (nSPS) is 21.6. The highest BCUT2D eigenvalue weighted by molar-refractivity contribution is 7.22. The van der Waals surface area contributed by atoms with E-state index < -0.39 is 0 Å². The van der Waals surface area contributed by atoms with Crippen molar-refractivity contribution in [3.8, 4) is 10.4 Å². The van der Waals surface area contributed by atoms with Crippen LogP contribution in [0.5, 0.6) is 0 Å². The molecular weight excluding hydrogens is 396 g/mol. The first-order chi connectivity index (χ1) is 14.6. The van der Waals surface area contributed by atoms with Crippen LogP contribution >= 0.6 is 11.3 Å². The second kappa shape index (κ2) is 9.73. The summed E-state index contributed by atoms with van der Waals surface area (Å²) >= 11 is 1.86. The van der Waals surface area contributed by atoms with Gasteiger partial charge in [0.25, 0.3) is 0 Å². The van der Waals surface area contributed by atoms with Gasteiger partial charge in [0.2, 0.25) is 0 Å². The van der Waals surface area contributed by atoms with Crippen LogP contribution in [0.1, 0.15) is 38.7 Å². The number of carbonyl (C=O) groups is 1. The zero-order chi connectivity index (χ0) is 20.9. The largest absolute Gasteiger partial charge is 0.460 e. The fraction of sp³-hybridized carbons (Fsp3) is 0.400. The lowest BCUT2D eigenvalue weighted by Gasteiger charge is -2.33. The highest BCUT2D eigenvalue weighted by atomic mass is 32.1. The number of ether oxygens (including phenoxy) is 3. The van der Waals surface area contributed by atoms with E-state index in [0.29, 0.717) is 6.61 Å². The Hall–Kier alpha value is -2.21. The van der Waals surface area contributed by atoms with E-state index in [1.165, 1.54) is 33.0 Å². The molecule has 4 rings (SSSR count). The molecule has 5 heteroatoms. The van der Waals surface area contributed by atoms with Crippen LogP contribution in [0.25, 0.3) is 20.5 Å². The third-order valence-electron chi connectivity index (χ3n) is 5.50. The van der Waals surface area contributed by atoms with Crippen molar-refractivity contribution in [1.82, 2.24) is 0 Å². The standard InChI is InChI=1S/C25H28O4S/c1-17-22(29-18(2)26)14-15-24(28-17)27-16-8-12-21-20-11-6-7-13-23(20)30-25(21)19-9-4-3-5-10-19/h3-7,9-11,13,17,22,24H,8,12,14-16H2,1-2H3/t17-,22+,24+/m0/s1. The Morgan fingerprint density at radius 3 is 2.63 bits per heavy atom. The molecule has 0 saturated carbocycles. The molecule has 3 aromatic rings. The lowest BCUT2D eigenvalue weighted by molar-refractivity contribution is -0.224. The number of benzene rings is 2. The molecule has 1 aliphatic rings. The van der Waals surface area contributed by atoms with E-state index in [4.69, 9.17) is 14.2 Å². The van der Waals surface area contributed by atoms with E-state index in [-0.39, 0.29) is 24.5 Å². The molecule has 4 nitrogen and oxygen atoms in total. The van der Waals surface area contributed by atoms with Crippen LogP contribution in [0.15, 0.2) is 54.6 Å². The van der Waals surface area contributed by atoms with E-state index in [9.17, 15) is 4.79 Å². The molecule has 0 aliphatic carbocycles. The molecule has 1 fully saturated rings. The highest BCUT2D eigenvalue weighted by Gasteiger charge is 2.30. The van der Waals surface area contributed by atoms with Crippen LogP contribution in [-0.4, -0.2) is 31.1 Å². The molecule has 0 spiro atoms. The quantitative estimate of drug-likeness (QED) is 0.346. The zero-order valence-electron chi connectivity index (χ0n) is 17.5. The average molecular weight is 425 g/mol. The second-order valence-corrected chi connectivity index (χ2v) is 8.79. The van der Waals surface area contributed by atoms with Crippen molar-refractivity contribution in [3.63, 3.8) is 0 Å². The maximum Gasteiger partial charge on any atom is 0.302 e. The van der Waals surface area contributed by atoms with E-state index in [1.807, 2.05) is 18.3 Å². The first-order valence-corrected chi connectivity index (χ1v) is 11.4. The minimum absolute atomic E-state index is 0.141. The van der Waals surface area contributed by atoms with Gasteiger partial charge in [0, 0.05) is 22.9 Å². The molecular formula is C25H28O4S. The Kier molecular flexibility index (Phi) is 6.82. The number of hydrogen-bond acceptors (Lipinski definition) is 5. The smallest absolute Gasteiger partial charge is 0.302 e. The van der Waals surface area contributed by atoms with Crippen molar-refractivity contribution in [3.05, 3.63) is 60.2 Å². The van der Waals surface area contributed by atoms with Gasteiger partial charge in [-0.25, -0.2) is 0 Å². The number of esters is 1. The molecule has 1 aliphatic heterocycles. The molecule has 0 amide bonds. The Morgan fingerprint density at radius 2 is 1.87 bits per heavy atom. The second-order valence-electron chi connectivity index (χ2n) is 7.74. The van der Waals surface area contributed by atoms with Crippen molar-refractivity contribution in [2.75, 3.05) is 6.61 Å². The Balaban J connectivity index is 1.36. The summed E-state index contributed by atoms with van der Waals surface area (Å²) in [7, 11) is 0. The fourth-order valence-electron chi connectivity index (χ4n) is 4.05. The van der Waals surface area contributed by atoms with Gasteiger partial charge >= 0.3 is 5.97 Å². The van der Waals surface area contributed by atoms with Gasteiger partial charge in [-0.3, -0.25) is 4.79 Å². The number of thiophene rings is 1. The first-order valence-electron chi connectivity index (χ1n) is 10.6. The number of fused-ring (bicyclic) bond motifs is 1. The monoisotopic (exact) mass is 424 g/mol. The maximum absolute atomic E-state index is 11.2. The van der Waals surface area contributed by atoms with E-state index in [0.717, 1.165) is 25.7 Å². The van der Waals surface area contributed by atoms with Crippen LogP contribution < -0.4 is 0 Å². The third kappa shape index (κ3) is 4.91. The summed E-state index contributed by atoms with van der Waals surface area (Å²) in [6, 6.07) is 19.2. The topological polar surface area (TPSA) is 44.8 Å². The molecule has 2 heterocycles. The summed E-state index contributed by atoms with van der Waals surface area (Å²) in [5.74, 6) is -0.257. The Morgan fingerprint density at radius 1 is 1.10 bits per heavy atom. The van der Waals surface area contributed by atoms with Gasteiger partial charge in [-0.1, -0.05) is 48.5 Å². The zero-order valence-corrected chi connectivity index (χ0v) is 18.3. The van der Waals surface area contributed by atoms with Crippen LogP contribution in [0.3, 0.4) is 0 Å². The van der Waals surface area contributed by atoms with Gasteiger partial charge < -0.3 is 14.2 Å². The van der Waals surface area contributed by atoms with E-state index in [2.05, 4.69) is 54.6 Å². The number of carbonyl (C=O) groups excluding carboxylic acids is 1. The Labute approximate surface area is 181 Å². The minimum atomic E-state index is -0.257. The number of hydrogen-bond donors (Lipinski definition) is 0. The molecule has 0 N–H and O–H groups in total. The van der Waals surface area contributed by atoms with Crippen molar-refractivity contribution >= 4 is 27.4 Å². The van der Waals surface area contributed by atoms with Crippen LogP contribution in [-0.2, 0) is 25.4 Å².